The minimum Gasteiger partial charge on any atom is -0.508 e. The summed E-state index contributed by atoms with van der Waals surface area (Å²) in [7, 11) is 1.60. The summed E-state index contributed by atoms with van der Waals surface area (Å²) in [5, 5.41) is 21.8. The lowest BCUT2D eigenvalue weighted by Gasteiger charge is -2.12. The van der Waals surface area contributed by atoms with Gasteiger partial charge in [-0.3, -0.25) is 0 Å². The highest BCUT2D eigenvalue weighted by molar-refractivity contribution is 5.88. The molecule has 3 aromatic rings. The average Bonchev–Trinajstić information content (AvgIpc) is 3.20. The third-order valence-electron chi connectivity index (χ3n) is 5.90. The van der Waals surface area contributed by atoms with Crippen LogP contribution in [0.15, 0.2) is 69.7 Å². The van der Waals surface area contributed by atoms with E-state index < -0.39 is 0 Å². The van der Waals surface area contributed by atoms with Crippen molar-refractivity contribution in [3.8, 4) is 28.6 Å². The molecule has 4 nitrogen and oxygen atoms in total. The van der Waals surface area contributed by atoms with E-state index in [1.54, 1.807) is 25.3 Å². The zero-order valence-electron chi connectivity index (χ0n) is 21.2. The summed E-state index contributed by atoms with van der Waals surface area (Å²) in [4.78, 5) is 0. The van der Waals surface area contributed by atoms with Crippen molar-refractivity contribution in [2.24, 2.45) is 0 Å². The first kappa shape index (κ1) is 25.2. The number of hydrogen-bond donors (Lipinski definition) is 2. The van der Waals surface area contributed by atoms with E-state index in [-0.39, 0.29) is 11.5 Å². The molecule has 0 atom stereocenters. The Balaban J connectivity index is 2.03. The number of allylic oxidation sites excluding steroid dienone is 6. The molecule has 0 amide bonds. The van der Waals surface area contributed by atoms with E-state index >= 15 is 0 Å². The molecule has 0 aliphatic carbocycles. The van der Waals surface area contributed by atoms with E-state index in [0.29, 0.717) is 29.9 Å². The van der Waals surface area contributed by atoms with E-state index in [0.717, 1.165) is 34.9 Å². The predicted molar refractivity (Wildman–Crippen MR) is 141 cm³/mol. The number of phenolic OH excluding ortho intramolecular Hbond substituents is 2. The zero-order chi connectivity index (χ0) is 24.8. The Morgan fingerprint density at radius 2 is 1.59 bits per heavy atom. The van der Waals surface area contributed by atoms with Gasteiger partial charge in [0.1, 0.15) is 28.6 Å². The standard InChI is InChI=1S/C30H36O4/c1-19(2)8-7-9-21(5)11-14-25-27(32)15-12-22-16-29(34-30(22)25)26-17-23(31)18-28(33-6)24(26)13-10-20(3)4/h8,10-12,15-18,31-32H,7,9,13-14H2,1-6H3/b21-11-. The van der Waals surface area contributed by atoms with Crippen molar-refractivity contribution in [1.82, 2.24) is 0 Å². The summed E-state index contributed by atoms with van der Waals surface area (Å²) in [5.41, 5.74) is 6.96. The predicted octanol–water partition coefficient (Wildman–Crippen LogP) is 8.26. The van der Waals surface area contributed by atoms with Crippen LogP contribution >= 0.6 is 0 Å². The third kappa shape index (κ3) is 6.13. The molecule has 1 aromatic heterocycles. The first-order valence-electron chi connectivity index (χ1n) is 11.8. The number of rotatable bonds is 9. The Hall–Kier alpha value is -3.40. The minimum atomic E-state index is 0.117. The lowest BCUT2D eigenvalue weighted by molar-refractivity contribution is 0.403. The van der Waals surface area contributed by atoms with Crippen LogP contribution in [0, 0.1) is 0 Å². The maximum absolute atomic E-state index is 10.6. The topological polar surface area (TPSA) is 62.8 Å². The molecule has 0 unspecified atom stereocenters. The lowest BCUT2D eigenvalue weighted by Crippen LogP contribution is -1.95. The highest BCUT2D eigenvalue weighted by atomic mass is 16.5. The molecule has 0 bridgehead atoms. The molecule has 0 spiro atoms. The SMILES string of the molecule is COc1cc(O)cc(-c2cc3ccc(O)c(C/C=C(/C)CCC=C(C)C)c3o2)c1CC=C(C)C. The van der Waals surface area contributed by atoms with Crippen molar-refractivity contribution < 1.29 is 19.4 Å². The van der Waals surface area contributed by atoms with E-state index in [9.17, 15) is 10.2 Å². The van der Waals surface area contributed by atoms with Gasteiger partial charge in [0.05, 0.1) is 7.11 Å². The number of aromatic hydroxyl groups is 2. The molecular weight excluding hydrogens is 424 g/mol. The van der Waals surface area contributed by atoms with E-state index in [1.807, 2.05) is 12.1 Å². The second kappa shape index (κ2) is 11.1. The fraction of sp³-hybridized carbons (Fsp3) is 0.333. The molecule has 2 aromatic carbocycles. The third-order valence-corrected chi connectivity index (χ3v) is 5.90. The van der Waals surface area contributed by atoms with Gasteiger partial charge in [-0.2, -0.15) is 0 Å². The van der Waals surface area contributed by atoms with Gasteiger partial charge in [0.15, 0.2) is 0 Å². The summed E-state index contributed by atoms with van der Waals surface area (Å²) >= 11 is 0. The number of methoxy groups -OCH3 is 1. The summed E-state index contributed by atoms with van der Waals surface area (Å²) < 4.78 is 11.9. The van der Waals surface area contributed by atoms with Gasteiger partial charge in [-0.25, -0.2) is 0 Å². The molecule has 1 heterocycles. The molecule has 0 saturated heterocycles. The molecule has 0 fully saturated rings. The number of hydrogen-bond acceptors (Lipinski definition) is 4. The van der Waals surface area contributed by atoms with Crippen LogP contribution in [0.25, 0.3) is 22.3 Å². The number of fused-ring (bicyclic) bond motifs is 1. The minimum absolute atomic E-state index is 0.117. The number of phenols is 2. The summed E-state index contributed by atoms with van der Waals surface area (Å²) in [6.45, 7) is 10.5. The van der Waals surface area contributed by atoms with Crippen LogP contribution in [0.2, 0.25) is 0 Å². The van der Waals surface area contributed by atoms with Gasteiger partial charge in [0, 0.05) is 28.1 Å². The van der Waals surface area contributed by atoms with Gasteiger partial charge in [0.2, 0.25) is 0 Å². The monoisotopic (exact) mass is 460 g/mol. The highest BCUT2D eigenvalue weighted by Gasteiger charge is 2.18. The Bertz CT molecular complexity index is 1250. The first-order valence-corrected chi connectivity index (χ1v) is 11.8. The van der Waals surface area contributed by atoms with Crippen molar-refractivity contribution in [1.29, 1.82) is 0 Å². The number of benzene rings is 2. The van der Waals surface area contributed by atoms with Crippen LogP contribution in [0.5, 0.6) is 17.2 Å². The molecule has 180 valence electrons. The van der Waals surface area contributed by atoms with Gasteiger partial charge < -0.3 is 19.4 Å². The van der Waals surface area contributed by atoms with E-state index in [1.165, 1.54) is 16.7 Å². The summed E-state index contributed by atoms with van der Waals surface area (Å²) in [5.74, 6) is 1.59. The fourth-order valence-electron chi connectivity index (χ4n) is 4.00. The first-order chi connectivity index (χ1) is 16.2. The van der Waals surface area contributed by atoms with E-state index in [4.69, 9.17) is 9.15 Å². The molecule has 4 heteroatoms. The summed E-state index contributed by atoms with van der Waals surface area (Å²) in [6.07, 6.45) is 9.77. The van der Waals surface area contributed by atoms with Crippen LogP contribution < -0.4 is 4.74 Å². The van der Waals surface area contributed by atoms with E-state index in [2.05, 4.69) is 52.8 Å². The van der Waals surface area contributed by atoms with Gasteiger partial charge >= 0.3 is 0 Å². The quantitative estimate of drug-likeness (QED) is 0.315. The summed E-state index contributed by atoms with van der Waals surface area (Å²) in [6, 6.07) is 8.88. The van der Waals surface area contributed by atoms with Crippen molar-refractivity contribution in [2.45, 2.75) is 60.3 Å². The molecule has 3 rings (SSSR count). The van der Waals surface area contributed by atoms with Crippen molar-refractivity contribution >= 4 is 11.0 Å². The Morgan fingerprint density at radius 1 is 0.882 bits per heavy atom. The van der Waals surface area contributed by atoms with Crippen molar-refractivity contribution in [3.63, 3.8) is 0 Å². The maximum Gasteiger partial charge on any atom is 0.142 e. The van der Waals surface area contributed by atoms with Crippen LogP contribution in [0.1, 0.15) is 58.6 Å². The molecular formula is C30H36O4. The number of furan rings is 1. The average molecular weight is 461 g/mol. The van der Waals surface area contributed by atoms with Crippen LogP contribution in [0.3, 0.4) is 0 Å². The van der Waals surface area contributed by atoms with Crippen molar-refractivity contribution in [3.05, 3.63) is 76.4 Å². The Morgan fingerprint density at radius 3 is 2.26 bits per heavy atom. The van der Waals surface area contributed by atoms with Crippen LogP contribution in [-0.4, -0.2) is 17.3 Å². The smallest absolute Gasteiger partial charge is 0.142 e. The molecule has 0 aliphatic rings. The zero-order valence-corrected chi connectivity index (χ0v) is 21.2. The Kier molecular flexibility index (Phi) is 8.27. The fourth-order valence-corrected chi connectivity index (χ4v) is 4.00. The lowest BCUT2D eigenvalue weighted by atomic mass is 9.99. The molecule has 0 radical (unpaired) electrons. The molecule has 2 N–H and O–H groups in total. The molecule has 0 aliphatic heterocycles. The Labute approximate surface area is 202 Å². The normalized spacial score (nSPS) is 11.5. The van der Waals surface area contributed by atoms with Crippen LogP contribution in [-0.2, 0) is 12.8 Å². The highest BCUT2D eigenvalue weighted by Crippen LogP contribution is 2.40. The molecule has 34 heavy (non-hydrogen) atoms. The molecule has 0 saturated carbocycles. The van der Waals surface area contributed by atoms with Gasteiger partial charge in [-0.05, 0) is 84.6 Å². The van der Waals surface area contributed by atoms with Gasteiger partial charge in [-0.1, -0.05) is 34.9 Å². The van der Waals surface area contributed by atoms with Gasteiger partial charge in [0.25, 0.3) is 0 Å². The maximum atomic E-state index is 10.6. The second-order valence-corrected chi connectivity index (χ2v) is 9.33. The number of ether oxygens (including phenoxy) is 1. The second-order valence-electron chi connectivity index (χ2n) is 9.33. The van der Waals surface area contributed by atoms with Crippen LogP contribution in [0.4, 0.5) is 0 Å². The van der Waals surface area contributed by atoms with Crippen molar-refractivity contribution in [2.75, 3.05) is 7.11 Å². The largest absolute Gasteiger partial charge is 0.508 e. The van der Waals surface area contributed by atoms with Gasteiger partial charge in [-0.15, -0.1) is 0 Å².